The van der Waals surface area contributed by atoms with Crippen LogP contribution in [0.15, 0.2) is 107 Å². The number of benzene rings is 3. The molecule has 1 N–H and O–H groups in total. The third kappa shape index (κ3) is 3.63. The van der Waals surface area contributed by atoms with Crippen molar-refractivity contribution in [2.75, 3.05) is 0 Å². The van der Waals surface area contributed by atoms with E-state index in [0.717, 1.165) is 32.3 Å². The van der Waals surface area contributed by atoms with E-state index in [2.05, 4.69) is 22.1 Å². The van der Waals surface area contributed by atoms with Gasteiger partial charge in [0.15, 0.2) is 10.9 Å². The van der Waals surface area contributed by atoms with E-state index < -0.39 is 0 Å². The van der Waals surface area contributed by atoms with Gasteiger partial charge in [-0.05, 0) is 36.4 Å². The van der Waals surface area contributed by atoms with Crippen molar-refractivity contribution in [2.24, 2.45) is 0 Å². The number of imidazole rings is 1. The Hall–Kier alpha value is -3.70. The van der Waals surface area contributed by atoms with Crippen LogP contribution >= 0.6 is 11.8 Å². The highest BCUT2D eigenvalue weighted by Crippen LogP contribution is 2.34. The highest BCUT2D eigenvalue weighted by molar-refractivity contribution is 7.99. The van der Waals surface area contributed by atoms with Crippen LogP contribution in [0.3, 0.4) is 0 Å². The second-order valence-electron chi connectivity index (χ2n) is 6.78. The number of fused-ring (bicyclic) bond motifs is 1. The number of aromatic nitrogens is 3. The van der Waals surface area contributed by atoms with Crippen molar-refractivity contribution in [3.63, 3.8) is 0 Å². The molecular weight excluding hydrogens is 390 g/mol. The number of aromatic amines is 1. The predicted octanol–water partition coefficient (Wildman–Crippen LogP) is 6.01. The Morgan fingerprint density at radius 1 is 0.800 bits per heavy atom. The van der Waals surface area contributed by atoms with Crippen molar-refractivity contribution >= 4 is 28.6 Å². The fourth-order valence-corrected chi connectivity index (χ4v) is 4.27. The van der Waals surface area contributed by atoms with Gasteiger partial charge in [-0.2, -0.15) is 0 Å². The van der Waals surface area contributed by atoms with Crippen molar-refractivity contribution in [2.45, 2.75) is 10.1 Å². The van der Waals surface area contributed by atoms with Crippen LogP contribution in [0.5, 0.6) is 0 Å². The van der Waals surface area contributed by atoms with Crippen LogP contribution in [-0.4, -0.2) is 20.7 Å². The first-order chi connectivity index (χ1) is 14.8. The lowest BCUT2D eigenvalue weighted by Crippen LogP contribution is -2.00. The zero-order chi connectivity index (χ0) is 20.3. The van der Waals surface area contributed by atoms with E-state index in [1.807, 2.05) is 78.9 Å². The second kappa shape index (κ2) is 7.97. The molecule has 4 nitrogen and oxygen atoms in total. The molecule has 30 heavy (non-hydrogen) atoms. The SMILES string of the molecule is O=C(c1ccccc1)c1ccc2nc(Sc3ccccc3-c3ccccn3)[nH]c2c1. The van der Waals surface area contributed by atoms with Crippen LogP contribution < -0.4 is 0 Å². The topological polar surface area (TPSA) is 58.6 Å². The normalized spacial score (nSPS) is 10.9. The molecule has 0 aliphatic heterocycles. The molecule has 0 aliphatic rings. The van der Waals surface area contributed by atoms with Crippen molar-refractivity contribution in [1.82, 2.24) is 15.0 Å². The van der Waals surface area contributed by atoms with Gasteiger partial charge in [-0.25, -0.2) is 4.98 Å². The quantitative estimate of drug-likeness (QED) is 0.363. The smallest absolute Gasteiger partial charge is 0.193 e. The molecule has 0 fully saturated rings. The third-order valence-corrected chi connectivity index (χ3v) is 5.76. The van der Waals surface area contributed by atoms with E-state index in [0.29, 0.717) is 11.1 Å². The van der Waals surface area contributed by atoms with Crippen LogP contribution in [0.25, 0.3) is 22.3 Å². The highest BCUT2D eigenvalue weighted by atomic mass is 32.2. The summed E-state index contributed by atoms with van der Waals surface area (Å²) in [6, 6.07) is 28.9. The van der Waals surface area contributed by atoms with Gasteiger partial charge in [0, 0.05) is 27.8 Å². The van der Waals surface area contributed by atoms with Crippen LogP contribution in [0.4, 0.5) is 0 Å². The lowest BCUT2D eigenvalue weighted by molar-refractivity contribution is 0.103. The van der Waals surface area contributed by atoms with Gasteiger partial charge in [0.25, 0.3) is 0 Å². The molecule has 0 atom stereocenters. The number of ketones is 1. The largest absolute Gasteiger partial charge is 0.333 e. The summed E-state index contributed by atoms with van der Waals surface area (Å²) in [5, 5.41) is 0.776. The number of hydrogen-bond acceptors (Lipinski definition) is 4. The number of pyridine rings is 1. The summed E-state index contributed by atoms with van der Waals surface area (Å²) in [4.78, 5) is 26.3. The lowest BCUT2D eigenvalue weighted by atomic mass is 10.0. The van der Waals surface area contributed by atoms with E-state index in [9.17, 15) is 4.79 Å². The number of hydrogen-bond donors (Lipinski definition) is 1. The molecule has 0 amide bonds. The van der Waals surface area contributed by atoms with E-state index in [1.54, 1.807) is 18.0 Å². The Kier molecular flexibility index (Phi) is 4.87. The van der Waals surface area contributed by atoms with Gasteiger partial charge >= 0.3 is 0 Å². The standard InChI is InChI=1S/C25H17N3OS/c29-24(17-8-2-1-3-9-17)18-13-14-21-22(16-18)28-25(27-21)30-23-12-5-4-10-19(23)20-11-6-7-15-26-20/h1-16H,(H,27,28). The maximum absolute atomic E-state index is 12.7. The van der Waals surface area contributed by atoms with Crippen LogP contribution in [0.2, 0.25) is 0 Å². The summed E-state index contributed by atoms with van der Waals surface area (Å²) in [7, 11) is 0. The monoisotopic (exact) mass is 407 g/mol. The summed E-state index contributed by atoms with van der Waals surface area (Å²) in [5.74, 6) is 0.00167. The lowest BCUT2D eigenvalue weighted by Gasteiger charge is -2.06. The van der Waals surface area contributed by atoms with Gasteiger partial charge in [-0.15, -0.1) is 0 Å². The van der Waals surface area contributed by atoms with Gasteiger partial charge in [0.2, 0.25) is 0 Å². The number of H-pyrrole nitrogens is 1. The predicted molar refractivity (Wildman–Crippen MR) is 120 cm³/mol. The van der Waals surface area contributed by atoms with Crippen LogP contribution in [-0.2, 0) is 0 Å². The fraction of sp³-hybridized carbons (Fsp3) is 0. The molecular formula is C25H17N3OS. The minimum atomic E-state index is 0.00167. The molecule has 5 rings (SSSR count). The number of nitrogens with one attached hydrogen (secondary N) is 1. The number of rotatable bonds is 5. The van der Waals surface area contributed by atoms with Gasteiger partial charge in [0.1, 0.15) is 0 Å². The zero-order valence-electron chi connectivity index (χ0n) is 15.9. The van der Waals surface area contributed by atoms with E-state index in [1.165, 1.54) is 0 Å². The fourth-order valence-electron chi connectivity index (χ4n) is 3.33. The molecule has 2 aromatic heterocycles. The van der Waals surface area contributed by atoms with Crippen molar-refractivity contribution in [3.8, 4) is 11.3 Å². The van der Waals surface area contributed by atoms with Crippen molar-refractivity contribution < 1.29 is 4.79 Å². The Balaban J connectivity index is 1.47. The average molecular weight is 407 g/mol. The molecule has 0 saturated carbocycles. The molecule has 5 heteroatoms. The first-order valence-electron chi connectivity index (χ1n) is 9.56. The number of nitrogens with zero attached hydrogens (tertiary/aromatic N) is 2. The van der Waals surface area contributed by atoms with Crippen LogP contribution in [0.1, 0.15) is 15.9 Å². The highest BCUT2D eigenvalue weighted by Gasteiger charge is 2.13. The van der Waals surface area contributed by atoms with Crippen molar-refractivity contribution in [3.05, 3.63) is 108 Å². The molecule has 0 saturated heterocycles. The molecule has 144 valence electrons. The minimum Gasteiger partial charge on any atom is -0.333 e. The third-order valence-electron chi connectivity index (χ3n) is 4.79. The molecule has 0 radical (unpaired) electrons. The Bertz CT molecular complexity index is 1330. The molecule has 5 aromatic rings. The van der Waals surface area contributed by atoms with E-state index >= 15 is 0 Å². The van der Waals surface area contributed by atoms with Crippen molar-refractivity contribution in [1.29, 1.82) is 0 Å². The Morgan fingerprint density at radius 2 is 1.60 bits per heavy atom. The molecule has 0 bridgehead atoms. The summed E-state index contributed by atoms with van der Waals surface area (Å²) < 4.78 is 0. The van der Waals surface area contributed by atoms with Gasteiger partial charge < -0.3 is 4.98 Å². The van der Waals surface area contributed by atoms with Gasteiger partial charge in [-0.1, -0.05) is 66.4 Å². The first-order valence-corrected chi connectivity index (χ1v) is 10.4. The molecule has 0 spiro atoms. The van der Waals surface area contributed by atoms with E-state index in [-0.39, 0.29) is 5.78 Å². The van der Waals surface area contributed by atoms with Crippen LogP contribution in [0, 0.1) is 0 Å². The van der Waals surface area contributed by atoms with Gasteiger partial charge in [0.05, 0.1) is 16.7 Å². The second-order valence-corrected chi connectivity index (χ2v) is 7.81. The maximum Gasteiger partial charge on any atom is 0.193 e. The molecule has 0 aliphatic carbocycles. The summed E-state index contributed by atoms with van der Waals surface area (Å²) in [6.45, 7) is 0. The summed E-state index contributed by atoms with van der Waals surface area (Å²) in [5.41, 5.74) is 4.97. The zero-order valence-corrected chi connectivity index (χ0v) is 16.8. The minimum absolute atomic E-state index is 0.00167. The summed E-state index contributed by atoms with van der Waals surface area (Å²) in [6.07, 6.45) is 1.79. The maximum atomic E-state index is 12.7. The Labute approximate surface area is 178 Å². The van der Waals surface area contributed by atoms with Gasteiger partial charge in [-0.3, -0.25) is 9.78 Å². The number of carbonyl (C=O) groups excluding carboxylic acids is 1. The Morgan fingerprint density at radius 3 is 2.43 bits per heavy atom. The first kappa shape index (κ1) is 18.3. The molecule has 3 aromatic carbocycles. The average Bonchev–Trinajstić information content (AvgIpc) is 3.21. The molecule has 2 heterocycles. The van der Waals surface area contributed by atoms with E-state index in [4.69, 9.17) is 4.98 Å². The number of carbonyl (C=O) groups is 1. The summed E-state index contributed by atoms with van der Waals surface area (Å²) >= 11 is 1.55. The molecule has 0 unspecified atom stereocenters.